The highest BCUT2D eigenvalue weighted by molar-refractivity contribution is 7.89. The third kappa shape index (κ3) is 3.39. The highest BCUT2D eigenvalue weighted by atomic mass is 32.2. The molecule has 0 aliphatic heterocycles. The zero-order valence-corrected chi connectivity index (χ0v) is 13.2. The summed E-state index contributed by atoms with van der Waals surface area (Å²) >= 11 is 0.953. The van der Waals surface area contributed by atoms with E-state index >= 15 is 0 Å². The fourth-order valence-corrected chi connectivity index (χ4v) is 5.21. The molecule has 1 aromatic rings. The molecule has 0 saturated heterocycles. The predicted molar refractivity (Wildman–Crippen MR) is 77.8 cm³/mol. The van der Waals surface area contributed by atoms with Crippen molar-refractivity contribution in [3.05, 3.63) is 15.8 Å². The van der Waals surface area contributed by atoms with Crippen LogP contribution >= 0.6 is 11.3 Å². The lowest BCUT2D eigenvalue weighted by Crippen LogP contribution is -2.35. The van der Waals surface area contributed by atoms with Crippen molar-refractivity contribution in [2.24, 2.45) is 5.92 Å². The summed E-state index contributed by atoms with van der Waals surface area (Å²) in [6.07, 6.45) is 3.87. The van der Waals surface area contributed by atoms with Gasteiger partial charge in [-0.05, 0) is 36.6 Å². The van der Waals surface area contributed by atoms with Crippen LogP contribution < -0.4 is 4.72 Å². The second-order valence-corrected chi connectivity index (χ2v) is 7.82. The van der Waals surface area contributed by atoms with E-state index in [-0.39, 0.29) is 15.8 Å². The number of rotatable bonds is 7. The number of hydrogen-bond donors (Lipinski definition) is 2. The largest absolute Gasteiger partial charge is 0.477 e. The highest BCUT2D eigenvalue weighted by Gasteiger charge is 2.31. The summed E-state index contributed by atoms with van der Waals surface area (Å²) in [5, 5.41) is 10.7. The third-order valence-electron chi connectivity index (χ3n) is 3.51. The molecule has 20 heavy (non-hydrogen) atoms. The first-order valence-electron chi connectivity index (χ1n) is 6.68. The van der Waals surface area contributed by atoms with E-state index in [0.717, 1.165) is 30.6 Å². The molecule has 1 saturated carbocycles. The lowest BCUT2D eigenvalue weighted by atomic mass is 10.1. The Bertz CT molecular complexity index is 602. The summed E-state index contributed by atoms with van der Waals surface area (Å²) < 4.78 is 27.6. The lowest BCUT2D eigenvalue weighted by molar-refractivity contribution is 0.0698. The summed E-state index contributed by atoms with van der Waals surface area (Å²) in [4.78, 5) is 10.9. The minimum atomic E-state index is -3.77. The molecule has 0 amide bonds. The number of sulfonamides is 1. The van der Waals surface area contributed by atoms with Crippen LogP contribution in [0, 0.1) is 12.8 Å². The minimum absolute atomic E-state index is 0.0794. The van der Waals surface area contributed by atoms with E-state index in [4.69, 9.17) is 5.11 Å². The molecule has 1 fully saturated rings. The Hall–Kier alpha value is -0.920. The number of carboxylic acid groups (broad SMARTS) is 1. The average molecular weight is 317 g/mol. The van der Waals surface area contributed by atoms with Crippen LogP contribution in [0.4, 0.5) is 0 Å². The standard InChI is InChI=1S/C13H19NO4S2/c1-3-10(6-9-4-5-9)14-20(17,18)12-8(2)7-19-11(12)13(15)16/h7,9-10,14H,3-6H2,1-2H3,(H,15,16). The second kappa shape index (κ2) is 5.83. The van der Waals surface area contributed by atoms with E-state index in [1.807, 2.05) is 6.92 Å². The van der Waals surface area contributed by atoms with Crippen molar-refractivity contribution in [1.82, 2.24) is 4.72 Å². The summed E-state index contributed by atoms with van der Waals surface area (Å²) in [5.41, 5.74) is 0.487. The van der Waals surface area contributed by atoms with Gasteiger partial charge in [-0.25, -0.2) is 17.9 Å². The number of thiophene rings is 1. The Kier molecular flexibility index (Phi) is 4.51. The van der Waals surface area contributed by atoms with Crippen molar-refractivity contribution in [2.45, 2.75) is 50.5 Å². The normalized spacial score (nSPS) is 17.1. The summed E-state index contributed by atoms with van der Waals surface area (Å²) in [7, 11) is -3.77. The lowest BCUT2D eigenvalue weighted by Gasteiger charge is -2.17. The number of aryl methyl sites for hydroxylation is 1. The van der Waals surface area contributed by atoms with E-state index in [2.05, 4.69) is 4.72 Å². The van der Waals surface area contributed by atoms with Crippen LogP contribution in [0.25, 0.3) is 0 Å². The molecule has 1 aliphatic carbocycles. The smallest absolute Gasteiger partial charge is 0.347 e. The molecule has 0 bridgehead atoms. The molecule has 5 nitrogen and oxygen atoms in total. The molecule has 0 spiro atoms. The number of nitrogens with one attached hydrogen (secondary N) is 1. The van der Waals surface area contributed by atoms with Gasteiger partial charge < -0.3 is 5.11 Å². The van der Waals surface area contributed by atoms with E-state index < -0.39 is 16.0 Å². The number of hydrogen-bond acceptors (Lipinski definition) is 4. The molecule has 1 unspecified atom stereocenters. The van der Waals surface area contributed by atoms with Crippen LogP contribution in [-0.2, 0) is 10.0 Å². The Morgan fingerprint density at radius 3 is 2.70 bits per heavy atom. The van der Waals surface area contributed by atoms with Gasteiger partial charge in [0.05, 0.1) is 0 Å². The molecular weight excluding hydrogens is 298 g/mol. The molecule has 112 valence electrons. The van der Waals surface area contributed by atoms with Gasteiger partial charge in [-0.1, -0.05) is 19.8 Å². The van der Waals surface area contributed by atoms with Crippen LogP contribution in [0.5, 0.6) is 0 Å². The minimum Gasteiger partial charge on any atom is -0.477 e. The first-order valence-corrected chi connectivity index (χ1v) is 9.05. The van der Waals surface area contributed by atoms with Crippen molar-refractivity contribution >= 4 is 27.3 Å². The maximum Gasteiger partial charge on any atom is 0.347 e. The van der Waals surface area contributed by atoms with Gasteiger partial charge in [0.15, 0.2) is 0 Å². The van der Waals surface area contributed by atoms with Crippen molar-refractivity contribution in [3.63, 3.8) is 0 Å². The zero-order chi connectivity index (χ0) is 14.9. The predicted octanol–water partition coefficient (Wildman–Crippen LogP) is 2.61. The van der Waals surface area contributed by atoms with Crippen molar-refractivity contribution in [2.75, 3.05) is 0 Å². The van der Waals surface area contributed by atoms with Gasteiger partial charge in [0.1, 0.15) is 9.77 Å². The van der Waals surface area contributed by atoms with Gasteiger partial charge in [-0.3, -0.25) is 0 Å². The fraction of sp³-hybridized carbons (Fsp3) is 0.615. The molecule has 0 aromatic carbocycles. The molecule has 1 heterocycles. The van der Waals surface area contributed by atoms with Crippen LogP contribution in [-0.4, -0.2) is 25.5 Å². The average Bonchev–Trinajstić information content (AvgIpc) is 3.07. The quantitative estimate of drug-likeness (QED) is 0.809. The molecule has 7 heteroatoms. The number of carboxylic acids is 1. The summed E-state index contributed by atoms with van der Waals surface area (Å²) in [5.74, 6) is -0.580. The molecular formula is C13H19NO4S2. The highest BCUT2D eigenvalue weighted by Crippen LogP contribution is 2.35. The topological polar surface area (TPSA) is 83.5 Å². The van der Waals surface area contributed by atoms with E-state index in [0.29, 0.717) is 17.9 Å². The maximum atomic E-state index is 12.4. The first kappa shape index (κ1) is 15.5. The van der Waals surface area contributed by atoms with Crippen molar-refractivity contribution < 1.29 is 18.3 Å². The molecule has 1 aliphatic rings. The molecule has 2 N–H and O–H groups in total. The molecule has 1 aromatic heterocycles. The molecule has 2 rings (SSSR count). The van der Waals surface area contributed by atoms with Crippen molar-refractivity contribution in [3.8, 4) is 0 Å². The van der Waals surface area contributed by atoms with Crippen LogP contribution in [0.1, 0.15) is 47.8 Å². The van der Waals surface area contributed by atoms with Gasteiger partial charge >= 0.3 is 5.97 Å². The van der Waals surface area contributed by atoms with Gasteiger partial charge in [0.2, 0.25) is 10.0 Å². The van der Waals surface area contributed by atoms with Crippen molar-refractivity contribution in [1.29, 1.82) is 0 Å². The fourth-order valence-electron chi connectivity index (χ4n) is 2.25. The third-order valence-corrected chi connectivity index (χ3v) is 6.43. The number of aromatic carboxylic acids is 1. The maximum absolute atomic E-state index is 12.4. The zero-order valence-electron chi connectivity index (χ0n) is 11.5. The summed E-state index contributed by atoms with van der Waals surface area (Å²) in [6.45, 7) is 3.56. The van der Waals surface area contributed by atoms with Gasteiger partial charge in [0.25, 0.3) is 0 Å². The molecule has 0 radical (unpaired) electrons. The Labute approximate surface area is 123 Å². The van der Waals surface area contributed by atoms with Crippen LogP contribution in [0.15, 0.2) is 10.3 Å². The van der Waals surface area contributed by atoms with E-state index in [1.165, 1.54) is 0 Å². The van der Waals surface area contributed by atoms with E-state index in [9.17, 15) is 13.2 Å². The first-order chi connectivity index (χ1) is 9.35. The monoisotopic (exact) mass is 317 g/mol. The van der Waals surface area contributed by atoms with Gasteiger partial charge in [-0.2, -0.15) is 0 Å². The van der Waals surface area contributed by atoms with Crippen LogP contribution in [0.2, 0.25) is 0 Å². The summed E-state index contributed by atoms with van der Waals surface area (Å²) in [6, 6.07) is -0.117. The number of carbonyl (C=O) groups is 1. The Morgan fingerprint density at radius 1 is 1.55 bits per heavy atom. The van der Waals surface area contributed by atoms with Gasteiger partial charge in [0, 0.05) is 6.04 Å². The van der Waals surface area contributed by atoms with Crippen LogP contribution in [0.3, 0.4) is 0 Å². The van der Waals surface area contributed by atoms with Gasteiger partial charge in [-0.15, -0.1) is 11.3 Å². The second-order valence-electron chi connectivity index (χ2n) is 5.29. The Balaban J connectivity index is 2.24. The molecule has 1 atom stereocenters. The SMILES string of the molecule is CCC(CC1CC1)NS(=O)(=O)c1c(C)csc1C(=O)O. The van der Waals surface area contributed by atoms with E-state index in [1.54, 1.807) is 12.3 Å². The Morgan fingerprint density at radius 2 is 2.20 bits per heavy atom.